The lowest BCUT2D eigenvalue weighted by Gasteiger charge is -2.35. The van der Waals surface area contributed by atoms with Crippen LogP contribution in [0.5, 0.6) is 0 Å². The highest BCUT2D eigenvalue weighted by atomic mass is 15.2. The molecule has 1 rings (SSSR count). The van der Waals surface area contributed by atoms with Crippen LogP contribution in [0.4, 0.5) is 0 Å². The van der Waals surface area contributed by atoms with Crippen molar-refractivity contribution in [3.05, 3.63) is 0 Å². The average Bonchev–Trinajstić information content (AvgIpc) is 2.34. The van der Waals surface area contributed by atoms with Gasteiger partial charge < -0.3 is 10.2 Å². The van der Waals surface area contributed by atoms with Gasteiger partial charge in [0, 0.05) is 18.1 Å². The molecule has 1 aliphatic rings. The molecule has 0 bridgehead atoms. The Hall–Kier alpha value is -0.0800. The van der Waals surface area contributed by atoms with E-state index in [1.165, 1.54) is 51.5 Å². The lowest BCUT2D eigenvalue weighted by atomic mass is 9.93. The van der Waals surface area contributed by atoms with Crippen LogP contribution in [0.2, 0.25) is 0 Å². The predicted molar refractivity (Wildman–Crippen MR) is 76.5 cm³/mol. The fourth-order valence-corrected chi connectivity index (χ4v) is 2.84. The Kier molecular flexibility index (Phi) is 7.14. The average molecular weight is 240 g/mol. The number of hydrogen-bond donors (Lipinski definition) is 1. The van der Waals surface area contributed by atoms with Crippen molar-refractivity contribution < 1.29 is 0 Å². The molecule has 0 amide bonds. The van der Waals surface area contributed by atoms with E-state index in [1.807, 2.05) is 0 Å². The van der Waals surface area contributed by atoms with Gasteiger partial charge in [-0.15, -0.1) is 0 Å². The maximum Gasteiger partial charge on any atom is 0.00950 e. The van der Waals surface area contributed by atoms with Gasteiger partial charge in [-0.05, 0) is 46.2 Å². The van der Waals surface area contributed by atoms with Gasteiger partial charge in [-0.2, -0.15) is 0 Å². The van der Waals surface area contributed by atoms with Crippen LogP contribution in [0.1, 0.15) is 65.7 Å². The van der Waals surface area contributed by atoms with Gasteiger partial charge in [0.05, 0.1) is 0 Å². The summed E-state index contributed by atoms with van der Waals surface area (Å²) in [5, 5.41) is 3.50. The Morgan fingerprint density at radius 1 is 1.12 bits per heavy atom. The molecular weight excluding hydrogens is 208 g/mol. The molecule has 1 aliphatic carbocycles. The molecule has 17 heavy (non-hydrogen) atoms. The largest absolute Gasteiger partial charge is 0.315 e. The molecule has 0 heterocycles. The van der Waals surface area contributed by atoms with Crippen molar-refractivity contribution in [2.24, 2.45) is 0 Å². The summed E-state index contributed by atoms with van der Waals surface area (Å²) in [6.07, 6.45) is 9.81. The zero-order valence-electron chi connectivity index (χ0n) is 12.3. The Morgan fingerprint density at radius 3 is 2.35 bits per heavy atom. The van der Waals surface area contributed by atoms with Crippen molar-refractivity contribution in [3.63, 3.8) is 0 Å². The normalized spacial score (nSPS) is 20.1. The quantitative estimate of drug-likeness (QED) is 0.686. The van der Waals surface area contributed by atoms with Crippen LogP contribution in [0.3, 0.4) is 0 Å². The number of rotatable bonds is 7. The monoisotopic (exact) mass is 240 g/mol. The van der Waals surface area contributed by atoms with Crippen molar-refractivity contribution in [1.82, 2.24) is 10.2 Å². The van der Waals surface area contributed by atoms with E-state index < -0.39 is 0 Å². The van der Waals surface area contributed by atoms with E-state index in [-0.39, 0.29) is 0 Å². The summed E-state index contributed by atoms with van der Waals surface area (Å²) in [7, 11) is 2.33. The third-order valence-electron chi connectivity index (χ3n) is 4.20. The maximum absolute atomic E-state index is 3.50. The highest BCUT2D eigenvalue weighted by Gasteiger charge is 2.21. The minimum Gasteiger partial charge on any atom is -0.315 e. The number of hydrogen-bond acceptors (Lipinski definition) is 2. The van der Waals surface area contributed by atoms with Gasteiger partial charge in [0.1, 0.15) is 0 Å². The van der Waals surface area contributed by atoms with E-state index in [4.69, 9.17) is 0 Å². The highest BCUT2D eigenvalue weighted by Crippen LogP contribution is 2.23. The topological polar surface area (TPSA) is 15.3 Å². The summed E-state index contributed by atoms with van der Waals surface area (Å²) in [6, 6.07) is 2.23. The molecule has 102 valence electrons. The Balaban J connectivity index is 2.14. The molecule has 0 spiro atoms. The molecule has 0 aromatic heterocycles. The first kappa shape index (κ1) is 15.0. The van der Waals surface area contributed by atoms with Crippen LogP contribution in [0, 0.1) is 0 Å². The van der Waals surface area contributed by atoms with E-state index in [0.29, 0.717) is 6.04 Å². The molecule has 1 atom stereocenters. The summed E-state index contributed by atoms with van der Waals surface area (Å²) in [6.45, 7) is 8.00. The van der Waals surface area contributed by atoms with Gasteiger partial charge in [-0.25, -0.2) is 0 Å². The first-order valence-electron chi connectivity index (χ1n) is 7.56. The van der Waals surface area contributed by atoms with Gasteiger partial charge >= 0.3 is 0 Å². The van der Waals surface area contributed by atoms with Crippen LogP contribution >= 0.6 is 0 Å². The summed E-state index contributed by atoms with van der Waals surface area (Å²) in [5.41, 5.74) is 0. The van der Waals surface area contributed by atoms with E-state index in [9.17, 15) is 0 Å². The fraction of sp³-hybridized carbons (Fsp3) is 1.00. The minimum atomic E-state index is 0.626. The second-order valence-corrected chi connectivity index (χ2v) is 6.06. The molecule has 1 N–H and O–H groups in total. The smallest absolute Gasteiger partial charge is 0.00950 e. The lowest BCUT2D eigenvalue weighted by molar-refractivity contribution is 0.139. The van der Waals surface area contributed by atoms with Crippen molar-refractivity contribution in [2.45, 2.75) is 83.8 Å². The fourth-order valence-electron chi connectivity index (χ4n) is 2.84. The zero-order chi connectivity index (χ0) is 12.7. The van der Waals surface area contributed by atoms with Crippen LogP contribution in [0.15, 0.2) is 0 Å². The first-order valence-corrected chi connectivity index (χ1v) is 7.56. The number of nitrogens with one attached hydrogen (secondary N) is 1. The van der Waals surface area contributed by atoms with Crippen LogP contribution < -0.4 is 5.32 Å². The molecule has 2 nitrogen and oxygen atoms in total. The third-order valence-corrected chi connectivity index (χ3v) is 4.20. The van der Waals surface area contributed by atoms with E-state index in [2.05, 4.69) is 38.0 Å². The number of nitrogens with zero attached hydrogens (tertiary/aromatic N) is 1. The molecule has 1 saturated carbocycles. The zero-order valence-corrected chi connectivity index (χ0v) is 12.3. The summed E-state index contributed by atoms with van der Waals surface area (Å²) < 4.78 is 0. The molecular formula is C15H32N2. The molecule has 0 radical (unpaired) electrons. The standard InChI is InChI=1S/C15H32N2/c1-13(2)16-12-8-9-14(3)17(4)15-10-6-5-7-11-15/h13-16H,5-12H2,1-4H3. The Bertz CT molecular complexity index is 185. The minimum absolute atomic E-state index is 0.626. The predicted octanol–water partition coefficient (Wildman–Crippen LogP) is 3.42. The van der Waals surface area contributed by atoms with Gasteiger partial charge in [0.15, 0.2) is 0 Å². The lowest BCUT2D eigenvalue weighted by Crippen LogP contribution is -2.40. The van der Waals surface area contributed by atoms with Gasteiger partial charge in [-0.3, -0.25) is 0 Å². The third kappa shape index (κ3) is 5.87. The molecule has 2 heteroatoms. The molecule has 0 aliphatic heterocycles. The summed E-state index contributed by atoms with van der Waals surface area (Å²) >= 11 is 0. The first-order chi connectivity index (χ1) is 8.11. The summed E-state index contributed by atoms with van der Waals surface area (Å²) in [4.78, 5) is 2.63. The second kappa shape index (κ2) is 8.10. The van der Waals surface area contributed by atoms with Crippen molar-refractivity contribution >= 4 is 0 Å². The van der Waals surface area contributed by atoms with E-state index >= 15 is 0 Å². The van der Waals surface area contributed by atoms with E-state index in [0.717, 1.165) is 12.1 Å². The van der Waals surface area contributed by atoms with Gasteiger partial charge in [0.2, 0.25) is 0 Å². The van der Waals surface area contributed by atoms with E-state index in [1.54, 1.807) is 0 Å². The SMILES string of the molecule is CC(C)NCCCC(C)N(C)C1CCCCC1. The molecule has 1 fully saturated rings. The van der Waals surface area contributed by atoms with Crippen LogP contribution in [-0.4, -0.2) is 36.6 Å². The van der Waals surface area contributed by atoms with Crippen LogP contribution in [-0.2, 0) is 0 Å². The van der Waals surface area contributed by atoms with Gasteiger partial charge in [-0.1, -0.05) is 33.1 Å². The molecule has 0 saturated heterocycles. The molecule has 1 unspecified atom stereocenters. The Labute approximate surface area is 108 Å². The summed E-state index contributed by atoms with van der Waals surface area (Å²) in [5.74, 6) is 0. The maximum atomic E-state index is 3.50. The highest BCUT2D eigenvalue weighted by molar-refractivity contribution is 4.77. The van der Waals surface area contributed by atoms with Crippen molar-refractivity contribution in [3.8, 4) is 0 Å². The van der Waals surface area contributed by atoms with Crippen molar-refractivity contribution in [2.75, 3.05) is 13.6 Å². The van der Waals surface area contributed by atoms with Gasteiger partial charge in [0.25, 0.3) is 0 Å². The molecule has 0 aromatic rings. The Morgan fingerprint density at radius 2 is 1.76 bits per heavy atom. The second-order valence-electron chi connectivity index (χ2n) is 6.06. The molecule has 0 aromatic carbocycles. The van der Waals surface area contributed by atoms with Crippen molar-refractivity contribution in [1.29, 1.82) is 0 Å². The van der Waals surface area contributed by atoms with Crippen LogP contribution in [0.25, 0.3) is 0 Å².